The molecule has 0 radical (unpaired) electrons. The lowest BCUT2D eigenvalue weighted by Crippen LogP contribution is -2.11. The standard InChI is InChI=1S/C11H10ClN3/c1-15(9-5-3-2-4-6-9)11-8-7-10(12)13-14-11/h2-8H,1H3. The van der Waals surface area contributed by atoms with E-state index in [4.69, 9.17) is 11.6 Å². The molecule has 1 heterocycles. The fourth-order valence-corrected chi connectivity index (χ4v) is 1.37. The Balaban J connectivity index is 2.29. The molecule has 0 amide bonds. The molecule has 4 heteroatoms. The number of anilines is 2. The third kappa shape index (κ3) is 2.25. The summed E-state index contributed by atoms with van der Waals surface area (Å²) in [5.41, 5.74) is 1.06. The maximum absolute atomic E-state index is 5.67. The fraction of sp³-hybridized carbons (Fsp3) is 0.0909. The minimum atomic E-state index is 0.403. The van der Waals surface area contributed by atoms with Gasteiger partial charge in [-0.15, -0.1) is 10.2 Å². The largest absolute Gasteiger partial charge is 0.328 e. The molecule has 0 bridgehead atoms. The molecule has 3 nitrogen and oxygen atoms in total. The zero-order chi connectivity index (χ0) is 10.7. The van der Waals surface area contributed by atoms with Crippen LogP contribution in [0, 0.1) is 0 Å². The van der Waals surface area contributed by atoms with Crippen LogP contribution >= 0.6 is 11.6 Å². The summed E-state index contributed by atoms with van der Waals surface area (Å²) in [5.74, 6) is 0.769. The van der Waals surface area contributed by atoms with Crippen LogP contribution in [0.3, 0.4) is 0 Å². The van der Waals surface area contributed by atoms with Crippen LogP contribution in [0.1, 0.15) is 0 Å². The number of hydrogen-bond donors (Lipinski definition) is 0. The molecule has 0 N–H and O–H groups in total. The summed E-state index contributed by atoms with van der Waals surface area (Å²) in [5, 5.41) is 8.20. The van der Waals surface area contributed by atoms with E-state index in [0.29, 0.717) is 5.15 Å². The van der Waals surface area contributed by atoms with E-state index >= 15 is 0 Å². The van der Waals surface area contributed by atoms with Crippen LogP contribution in [0.2, 0.25) is 5.15 Å². The lowest BCUT2D eigenvalue weighted by atomic mass is 10.3. The van der Waals surface area contributed by atoms with Crippen molar-refractivity contribution in [2.75, 3.05) is 11.9 Å². The molecule has 0 aliphatic carbocycles. The second-order valence-electron chi connectivity index (χ2n) is 3.11. The monoisotopic (exact) mass is 219 g/mol. The molecule has 1 aromatic heterocycles. The van der Waals surface area contributed by atoms with Crippen molar-refractivity contribution in [3.8, 4) is 0 Å². The van der Waals surface area contributed by atoms with E-state index in [9.17, 15) is 0 Å². The molecule has 0 saturated carbocycles. The molecule has 0 unspecified atom stereocenters. The van der Waals surface area contributed by atoms with Gasteiger partial charge in [-0.25, -0.2) is 0 Å². The molecule has 1 aromatic carbocycles. The van der Waals surface area contributed by atoms with E-state index in [1.54, 1.807) is 6.07 Å². The summed E-state index contributed by atoms with van der Waals surface area (Å²) >= 11 is 5.67. The summed E-state index contributed by atoms with van der Waals surface area (Å²) in [4.78, 5) is 1.95. The SMILES string of the molecule is CN(c1ccccc1)c1ccc(Cl)nn1. The maximum Gasteiger partial charge on any atom is 0.155 e. The Bertz CT molecular complexity index is 427. The van der Waals surface area contributed by atoms with Gasteiger partial charge < -0.3 is 4.90 Å². The molecular formula is C11H10ClN3. The summed E-state index contributed by atoms with van der Waals surface area (Å²) in [6.07, 6.45) is 0. The Morgan fingerprint density at radius 2 is 1.73 bits per heavy atom. The average molecular weight is 220 g/mol. The van der Waals surface area contributed by atoms with Crippen LogP contribution in [0.4, 0.5) is 11.5 Å². The van der Waals surface area contributed by atoms with Crippen LogP contribution in [-0.4, -0.2) is 17.2 Å². The molecule has 0 aliphatic heterocycles. The number of para-hydroxylation sites is 1. The molecule has 0 atom stereocenters. The first-order valence-corrected chi connectivity index (χ1v) is 4.93. The zero-order valence-electron chi connectivity index (χ0n) is 8.26. The Kier molecular flexibility index (Phi) is 2.83. The van der Waals surface area contributed by atoms with Gasteiger partial charge in [0.25, 0.3) is 0 Å². The molecular weight excluding hydrogens is 210 g/mol. The van der Waals surface area contributed by atoms with Gasteiger partial charge in [-0.1, -0.05) is 29.8 Å². The zero-order valence-corrected chi connectivity index (χ0v) is 9.02. The number of benzene rings is 1. The third-order valence-electron chi connectivity index (χ3n) is 2.11. The quantitative estimate of drug-likeness (QED) is 0.778. The van der Waals surface area contributed by atoms with Gasteiger partial charge in [0.05, 0.1) is 0 Å². The smallest absolute Gasteiger partial charge is 0.155 e. The Morgan fingerprint density at radius 1 is 1.00 bits per heavy atom. The van der Waals surface area contributed by atoms with E-state index in [2.05, 4.69) is 10.2 Å². The van der Waals surface area contributed by atoms with Crippen molar-refractivity contribution in [1.82, 2.24) is 10.2 Å². The highest BCUT2D eigenvalue weighted by molar-refractivity contribution is 6.29. The normalized spacial score (nSPS) is 10.0. The second-order valence-corrected chi connectivity index (χ2v) is 3.50. The van der Waals surface area contributed by atoms with Crippen LogP contribution in [0.5, 0.6) is 0 Å². The second kappa shape index (κ2) is 4.28. The van der Waals surface area contributed by atoms with E-state index in [1.807, 2.05) is 48.3 Å². The van der Waals surface area contributed by atoms with Crippen molar-refractivity contribution in [1.29, 1.82) is 0 Å². The Labute approximate surface area is 93.3 Å². The van der Waals surface area contributed by atoms with Crippen molar-refractivity contribution in [2.45, 2.75) is 0 Å². The van der Waals surface area contributed by atoms with Crippen molar-refractivity contribution >= 4 is 23.1 Å². The predicted octanol–water partition coefficient (Wildman–Crippen LogP) is 2.90. The van der Waals surface area contributed by atoms with Crippen molar-refractivity contribution < 1.29 is 0 Å². The minimum Gasteiger partial charge on any atom is -0.328 e. The van der Waals surface area contributed by atoms with Crippen molar-refractivity contribution in [3.05, 3.63) is 47.6 Å². The molecule has 0 aliphatic rings. The molecule has 2 rings (SSSR count). The summed E-state index contributed by atoms with van der Waals surface area (Å²) in [7, 11) is 1.94. The first-order valence-electron chi connectivity index (χ1n) is 4.55. The molecule has 15 heavy (non-hydrogen) atoms. The fourth-order valence-electron chi connectivity index (χ4n) is 1.27. The molecule has 0 spiro atoms. The van der Waals surface area contributed by atoms with Gasteiger partial charge >= 0.3 is 0 Å². The molecule has 0 fully saturated rings. The lowest BCUT2D eigenvalue weighted by molar-refractivity contribution is 0.988. The van der Waals surface area contributed by atoms with E-state index in [-0.39, 0.29) is 0 Å². The van der Waals surface area contributed by atoms with Crippen molar-refractivity contribution in [2.24, 2.45) is 0 Å². The lowest BCUT2D eigenvalue weighted by Gasteiger charge is -2.17. The van der Waals surface area contributed by atoms with Crippen LogP contribution in [0.25, 0.3) is 0 Å². The van der Waals surface area contributed by atoms with Gasteiger partial charge in [0, 0.05) is 12.7 Å². The van der Waals surface area contributed by atoms with E-state index in [1.165, 1.54) is 0 Å². The summed E-state index contributed by atoms with van der Waals surface area (Å²) in [6, 6.07) is 13.5. The maximum atomic E-state index is 5.67. The first kappa shape index (κ1) is 9.93. The Hall–Kier alpha value is -1.61. The van der Waals surface area contributed by atoms with Crippen LogP contribution in [-0.2, 0) is 0 Å². The van der Waals surface area contributed by atoms with Gasteiger partial charge in [-0.2, -0.15) is 0 Å². The first-order chi connectivity index (χ1) is 7.27. The average Bonchev–Trinajstić information content (AvgIpc) is 2.30. The number of nitrogens with zero attached hydrogens (tertiary/aromatic N) is 3. The van der Waals surface area contributed by atoms with Gasteiger partial charge in [0.1, 0.15) is 0 Å². The minimum absolute atomic E-state index is 0.403. The highest BCUT2D eigenvalue weighted by atomic mass is 35.5. The number of rotatable bonds is 2. The van der Waals surface area contributed by atoms with Crippen LogP contribution < -0.4 is 4.90 Å². The van der Waals surface area contributed by atoms with Crippen molar-refractivity contribution in [3.63, 3.8) is 0 Å². The topological polar surface area (TPSA) is 29.0 Å². The summed E-state index contributed by atoms with van der Waals surface area (Å²) < 4.78 is 0. The highest BCUT2D eigenvalue weighted by Crippen LogP contribution is 2.20. The molecule has 76 valence electrons. The highest BCUT2D eigenvalue weighted by Gasteiger charge is 2.04. The predicted molar refractivity (Wildman–Crippen MR) is 61.5 cm³/mol. The van der Waals surface area contributed by atoms with Gasteiger partial charge in [0.2, 0.25) is 0 Å². The Morgan fingerprint density at radius 3 is 2.33 bits per heavy atom. The molecule has 2 aromatic rings. The van der Waals surface area contributed by atoms with Gasteiger partial charge in [-0.05, 0) is 24.3 Å². The third-order valence-corrected chi connectivity index (χ3v) is 2.31. The summed E-state index contributed by atoms with van der Waals surface area (Å²) in [6.45, 7) is 0. The van der Waals surface area contributed by atoms with E-state index in [0.717, 1.165) is 11.5 Å². The van der Waals surface area contributed by atoms with Gasteiger partial charge in [-0.3, -0.25) is 0 Å². The number of hydrogen-bond acceptors (Lipinski definition) is 3. The number of halogens is 1. The molecule has 0 saturated heterocycles. The van der Waals surface area contributed by atoms with E-state index < -0.39 is 0 Å². The van der Waals surface area contributed by atoms with Gasteiger partial charge in [0.15, 0.2) is 11.0 Å². The van der Waals surface area contributed by atoms with Crippen LogP contribution in [0.15, 0.2) is 42.5 Å². The number of aromatic nitrogens is 2.